The summed E-state index contributed by atoms with van der Waals surface area (Å²) in [7, 11) is 1.57. The average molecular weight is 319 g/mol. The molecule has 0 heterocycles. The molecule has 0 aliphatic carbocycles. The molecule has 1 rings (SSSR count). The number of amides is 2. The zero-order valence-corrected chi connectivity index (χ0v) is 14.8. The van der Waals surface area contributed by atoms with Gasteiger partial charge in [-0.1, -0.05) is 52.0 Å². The fourth-order valence-corrected chi connectivity index (χ4v) is 2.33. The Kier molecular flexibility index (Phi) is 7.75. The molecule has 2 amide bonds. The molecular weight excluding hydrogens is 290 g/mol. The molecule has 128 valence electrons. The van der Waals surface area contributed by atoms with Crippen LogP contribution in [0.15, 0.2) is 24.3 Å². The van der Waals surface area contributed by atoms with Crippen molar-refractivity contribution in [2.24, 2.45) is 5.92 Å². The Hall–Kier alpha value is -1.88. The van der Waals surface area contributed by atoms with Gasteiger partial charge < -0.3 is 10.6 Å². The second-order valence-electron chi connectivity index (χ2n) is 6.39. The first-order valence-corrected chi connectivity index (χ1v) is 8.15. The van der Waals surface area contributed by atoms with E-state index >= 15 is 0 Å². The first-order chi connectivity index (χ1) is 10.8. The lowest BCUT2D eigenvalue weighted by molar-refractivity contribution is -0.121. The Bertz CT molecular complexity index is 510. The largest absolute Gasteiger partial charge is 0.358 e. The molecule has 0 aliphatic rings. The van der Waals surface area contributed by atoms with Crippen molar-refractivity contribution < 1.29 is 9.59 Å². The van der Waals surface area contributed by atoms with E-state index in [4.69, 9.17) is 0 Å². The summed E-state index contributed by atoms with van der Waals surface area (Å²) in [4.78, 5) is 23.2. The van der Waals surface area contributed by atoms with Crippen LogP contribution >= 0.6 is 0 Å². The Labute approximate surface area is 139 Å². The molecule has 1 aromatic carbocycles. The van der Waals surface area contributed by atoms with Gasteiger partial charge >= 0.3 is 0 Å². The van der Waals surface area contributed by atoms with Crippen molar-refractivity contribution in [3.05, 3.63) is 35.4 Å². The molecule has 0 aromatic heterocycles. The van der Waals surface area contributed by atoms with E-state index in [-0.39, 0.29) is 36.9 Å². The summed E-state index contributed by atoms with van der Waals surface area (Å²) >= 11 is 0. The van der Waals surface area contributed by atoms with Crippen LogP contribution < -0.4 is 16.0 Å². The maximum absolute atomic E-state index is 12.1. The molecule has 0 saturated carbocycles. The molecule has 0 fully saturated rings. The second kappa shape index (κ2) is 9.30. The molecule has 1 atom stereocenters. The maximum atomic E-state index is 12.1. The first-order valence-electron chi connectivity index (χ1n) is 8.15. The Balaban J connectivity index is 2.64. The summed E-state index contributed by atoms with van der Waals surface area (Å²) in [5.74, 6) is 0.524. The average Bonchev–Trinajstić information content (AvgIpc) is 2.52. The highest BCUT2D eigenvalue weighted by Crippen LogP contribution is 2.23. The van der Waals surface area contributed by atoms with E-state index in [0.717, 1.165) is 5.56 Å². The third-order valence-electron chi connectivity index (χ3n) is 3.80. The first kappa shape index (κ1) is 19.2. The summed E-state index contributed by atoms with van der Waals surface area (Å²) in [5, 5.41) is 8.38. The van der Waals surface area contributed by atoms with Gasteiger partial charge in [-0.05, 0) is 23.0 Å². The Morgan fingerprint density at radius 2 is 1.43 bits per heavy atom. The van der Waals surface area contributed by atoms with E-state index in [1.54, 1.807) is 7.05 Å². The van der Waals surface area contributed by atoms with Gasteiger partial charge in [0.25, 0.3) is 0 Å². The van der Waals surface area contributed by atoms with Gasteiger partial charge in [-0.15, -0.1) is 0 Å². The van der Waals surface area contributed by atoms with Crippen LogP contribution in [0.3, 0.4) is 0 Å². The van der Waals surface area contributed by atoms with Crippen molar-refractivity contribution in [1.82, 2.24) is 16.0 Å². The summed E-state index contributed by atoms with van der Waals surface area (Å²) < 4.78 is 0. The van der Waals surface area contributed by atoms with Crippen LogP contribution in [0.4, 0.5) is 0 Å². The van der Waals surface area contributed by atoms with Gasteiger partial charge in [0.05, 0.1) is 19.1 Å². The van der Waals surface area contributed by atoms with Gasteiger partial charge in [-0.3, -0.25) is 14.9 Å². The molecule has 0 aliphatic heterocycles. The van der Waals surface area contributed by atoms with Gasteiger partial charge in [0, 0.05) is 7.05 Å². The van der Waals surface area contributed by atoms with Crippen LogP contribution in [0.2, 0.25) is 0 Å². The smallest absolute Gasteiger partial charge is 0.234 e. The predicted octanol–water partition coefficient (Wildman–Crippen LogP) is 1.96. The van der Waals surface area contributed by atoms with E-state index in [1.807, 2.05) is 0 Å². The zero-order valence-electron chi connectivity index (χ0n) is 14.8. The monoisotopic (exact) mass is 319 g/mol. The van der Waals surface area contributed by atoms with Crippen molar-refractivity contribution in [3.8, 4) is 0 Å². The van der Waals surface area contributed by atoms with Crippen LogP contribution in [-0.4, -0.2) is 32.0 Å². The normalized spacial score (nSPS) is 12.3. The number of carbonyl (C=O) groups excluding carboxylic acids is 2. The van der Waals surface area contributed by atoms with Crippen LogP contribution in [-0.2, 0) is 9.59 Å². The number of likely N-dealkylation sites (N-methyl/N-ethyl adjacent to an activating group) is 1. The zero-order chi connectivity index (χ0) is 17.4. The van der Waals surface area contributed by atoms with Crippen LogP contribution in [0.1, 0.15) is 50.8 Å². The lowest BCUT2D eigenvalue weighted by Crippen LogP contribution is -2.41. The highest BCUT2D eigenvalue weighted by atomic mass is 16.2. The lowest BCUT2D eigenvalue weighted by Gasteiger charge is -2.23. The number of hydrogen-bond donors (Lipinski definition) is 3. The van der Waals surface area contributed by atoms with Gasteiger partial charge in [-0.2, -0.15) is 0 Å². The minimum Gasteiger partial charge on any atom is -0.358 e. The molecule has 23 heavy (non-hydrogen) atoms. The highest BCUT2D eigenvalue weighted by molar-refractivity contribution is 5.81. The van der Waals surface area contributed by atoms with Gasteiger partial charge in [0.15, 0.2) is 0 Å². The summed E-state index contributed by atoms with van der Waals surface area (Å²) in [6, 6.07) is 8.36. The molecule has 1 aromatic rings. The third kappa shape index (κ3) is 6.40. The fraction of sp³-hybridized carbons (Fsp3) is 0.556. The number of rotatable bonds is 8. The van der Waals surface area contributed by atoms with Crippen molar-refractivity contribution in [1.29, 1.82) is 0 Å². The molecular formula is C18H29N3O2. The molecule has 0 unspecified atom stereocenters. The molecule has 0 bridgehead atoms. The molecule has 0 saturated heterocycles. The topological polar surface area (TPSA) is 70.2 Å². The van der Waals surface area contributed by atoms with E-state index in [1.165, 1.54) is 5.56 Å². The summed E-state index contributed by atoms with van der Waals surface area (Å²) in [6.45, 7) is 8.75. The minimum absolute atomic E-state index is 0.0366. The maximum Gasteiger partial charge on any atom is 0.234 e. The lowest BCUT2D eigenvalue weighted by atomic mass is 9.93. The van der Waals surface area contributed by atoms with Crippen molar-refractivity contribution in [3.63, 3.8) is 0 Å². The van der Waals surface area contributed by atoms with E-state index in [2.05, 4.69) is 67.9 Å². The Morgan fingerprint density at radius 1 is 0.913 bits per heavy atom. The Morgan fingerprint density at radius 3 is 1.91 bits per heavy atom. The summed E-state index contributed by atoms with van der Waals surface area (Å²) in [5.41, 5.74) is 2.39. The van der Waals surface area contributed by atoms with Gasteiger partial charge in [0.2, 0.25) is 11.8 Å². The SMILES string of the molecule is CNC(=O)CNCC(=O)N[C@H](c1ccc(C(C)C)cc1)C(C)C. The number of hydrogen-bond acceptors (Lipinski definition) is 3. The van der Waals surface area contributed by atoms with E-state index < -0.39 is 0 Å². The molecule has 3 N–H and O–H groups in total. The summed E-state index contributed by atoms with van der Waals surface area (Å²) in [6.07, 6.45) is 0. The van der Waals surface area contributed by atoms with E-state index in [0.29, 0.717) is 5.92 Å². The number of carbonyl (C=O) groups is 2. The number of benzene rings is 1. The quantitative estimate of drug-likeness (QED) is 0.686. The molecule has 5 nitrogen and oxygen atoms in total. The molecule has 5 heteroatoms. The highest BCUT2D eigenvalue weighted by Gasteiger charge is 2.18. The van der Waals surface area contributed by atoms with Crippen LogP contribution in [0.5, 0.6) is 0 Å². The fourth-order valence-electron chi connectivity index (χ4n) is 2.33. The minimum atomic E-state index is -0.137. The van der Waals surface area contributed by atoms with Crippen LogP contribution in [0, 0.1) is 5.92 Å². The van der Waals surface area contributed by atoms with Gasteiger partial charge in [-0.25, -0.2) is 0 Å². The van der Waals surface area contributed by atoms with Crippen molar-refractivity contribution in [2.45, 2.75) is 39.7 Å². The van der Waals surface area contributed by atoms with E-state index in [9.17, 15) is 9.59 Å². The van der Waals surface area contributed by atoms with Crippen molar-refractivity contribution >= 4 is 11.8 Å². The molecule has 0 spiro atoms. The third-order valence-corrected chi connectivity index (χ3v) is 3.80. The van der Waals surface area contributed by atoms with Gasteiger partial charge in [0.1, 0.15) is 0 Å². The predicted molar refractivity (Wildman–Crippen MR) is 93.2 cm³/mol. The number of nitrogens with one attached hydrogen (secondary N) is 3. The second-order valence-corrected chi connectivity index (χ2v) is 6.39. The standard InChI is InChI=1S/C18H29N3O2/c1-12(2)14-6-8-15(9-7-14)18(13(3)4)21-17(23)11-20-10-16(22)19-5/h6-9,12-13,18,20H,10-11H2,1-5H3,(H,19,22)(H,21,23)/t18-/m0/s1. The van der Waals surface area contributed by atoms with Crippen molar-refractivity contribution in [2.75, 3.05) is 20.1 Å². The van der Waals surface area contributed by atoms with Crippen LogP contribution in [0.25, 0.3) is 0 Å². The molecule has 0 radical (unpaired) electrons.